The van der Waals surface area contributed by atoms with Gasteiger partial charge in [-0.1, -0.05) is 0 Å². The van der Waals surface area contributed by atoms with E-state index in [1.807, 2.05) is 6.92 Å². The van der Waals surface area contributed by atoms with Crippen LogP contribution in [-0.2, 0) is 9.59 Å². The Hall–Kier alpha value is -1.10. The van der Waals surface area contributed by atoms with Crippen molar-refractivity contribution < 1.29 is 9.59 Å². The zero-order valence-corrected chi connectivity index (χ0v) is 9.58. The Balaban J connectivity index is 1.80. The van der Waals surface area contributed by atoms with Crippen molar-refractivity contribution in [2.24, 2.45) is 5.92 Å². The number of nitrogens with one attached hydrogen (secondary N) is 3. The summed E-state index contributed by atoms with van der Waals surface area (Å²) < 4.78 is 0. The highest BCUT2D eigenvalue weighted by Crippen LogP contribution is 2.15. The molecule has 3 unspecified atom stereocenters. The Morgan fingerprint density at radius 3 is 2.81 bits per heavy atom. The highest BCUT2D eigenvalue weighted by Gasteiger charge is 2.31. The fourth-order valence-electron chi connectivity index (χ4n) is 2.38. The zero-order chi connectivity index (χ0) is 11.5. The molecule has 0 radical (unpaired) electrons. The van der Waals surface area contributed by atoms with Gasteiger partial charge in [-0.25, -0.2) is 0 Å². The topological polar surface area (TPSA) is 70.2 Å². The van der Waals surface area contributed by atoms with Crippen molar-refractivity contribution in [1.82, 2.24) is 16.0 Å². The van der Waals surface area contributed by atoms with E-state index in [0.29, 0.717) is 13.0 Å². The molecule has 16 heavy (non-hydrogen) atoms. The van der Waals surface area contributed by atoms with Crippen molar-refractivity contribution in [2.75, 3.05) is 13.1 Å². The Morgan fingerprint density at radius 2 is 2.25 bits per heavy atom. The van der Waals surface area contributed by atoms with Gasteiger partial charge < -0.3 is 16.0 Å². The van der Waals surface area contributed by atoms with Gasteiger partial charge in [0.2, 0.25) is 11.8 Å². The lowest BCUT2D eigenvalue weighted by atomic mass is 9.99. The summed E-state index contributed by atoms with van der Waals surface area (Å²) in [7, 11) is 0. The van der Waals surface area contributed by atoms with Crippen LogP contribution in [0.1, 0.15) is 26.2 Å². The highest BCUT2D eigenvalue weighted by molar-refractivity contribution is 5.81. The predicted molar refractivity (Wildman–Crippen MR) is 59.7 cm³/mol. The molecular weight excluding hydrogens is 206 g/mol. The molecule has 3 N–H and O–H groups in total. The lowest BCUT2D eigenvalue weighted by Gasteiger charge is -2.25. The van der Waals surface area contributed by atoms with Crippen LogP contribution in [0.15, 0.2) is 0 Å². The molecule has 2 saturated heterocycles. The molecule has 3 atom stereocenters. The van der Waals surface area contributed by atoms with Gasteiger partial charge in [0, 0.05) is 25.0 Å². The third-order valence-electron chi connectivity index (χ3n) is 3.47. The third kappa shape index (κ3) is 2.52. The minimum atomic E-state index is 0.0811. The number of amides is 2. The SMILES string of the molecule is CC1NCCC1C(=O)NC1CCC(=O)NC1. The first-order valence-electron chi connectivity index (χ1n) is 5.97. The van der Waals surface area contributed by atoms with Crippen LogP contribution in [0.3, 0.4) is 0 Å². The molecule has 0 saturated carbocycles. The molecule has 2 fully saturated rings. The lowest BCUT2D eigenvalue weighted by molar-refractivity contribution is -0.128. The van der Waals surface area contributed by atoms with Crippen LogP contribution in [0.25, 0.3) is 0 Å². The van der Waals surface area contributed by atoms with Crippen LogP contribution < -0.4 is 16.0 Å². The first kappa shape index (κ1) is 11.4. The standard InChI is InChI=1S/C11H19N3O2/c1-7-9(4-5-12-7)11(16)14-8-2-3-10(15)13-6-8/h7-9,12H,2-6H2,1H3,(H,13,15)(H,14,16). The van der Waals surface area contributed by atoms with Gasteiger partial charge in [0.05, 0.1) is 5.92 Å². The smallest absolute Gasteiger partial charge is 0.224 e. The fraction of sp³-hybridized carbons (Fsp3) is 0.818. The average Bonchev–Trinajstić information content (AvgIpc) is 2.68. The Bertz CT molecular complexity index is 283. The fourth-order valence-corrected chi connectivity index (χ4v) is 2.38. The Kier molecular flexibility index (Phi) is 3.43. The van der Waals surface area contributed by atoms with Crippen LogP contribution in [0.2, 0.25) is 0 Å². The van der Waals surface area contributed by atoms with Gasteiger partial charge in [-0.3, -0.25) is 9.59 Å². The van der Waals surface area contributed by atoms with Crippen molar-refractivity contribution in [3.63, 3.8) is 0 Å². The summed E-state index contributed by atoms with van der Waals surface area (Å²) in [5, 5.41) is 9.05. The molecule has 0 bridgehead atoms. The van der Waals surface area contributed by atoms with E-state index in [2.05, 4.69) is 16.0 Å². The highest BCUT2D eigenvalue weighted by atomic mass is 16.2. The number of hydrogen-bond acceptors (Lipinski definition) is 3. The molecule has 2 heterocycles. The first-order chi connectivity index (χ1) is 7.66. The van der Waals surface area contributed by atoms with Crippen LogP contribution in [0.4, 0.5) is 0 Å². The van der Waals surface area contributed by atoms with Gasteiger partial charge in [-0.2, -0.15) is 0 Å². The van der Waals surface area contributed by atoms with Gasteiger partial charge >= 0.3 is 0 Å². The minimum Gasteiger partial charge on any atom is -0.354 e. The van der Waals surface area contributed by atoms with Gasteiger partial charge in [0.25, 0.3) is 0 Å². The van der Waals surface area contributed by atoms with Gasteiger partial charge in [-0.05, 0) is 26.3 Å². The van der Waals surface area contributed by atoms with Gasteiger partial charge in [-0.15, -0.1) is 0 Å². The van der Waals surface area contributed by atoms with Crippen LogP contribution in [0, 0.1) is 5.92 Å². The summed E-state index contributed by atoms with van der Waals surface area (Å²) in [6.45, 7) is 3.53. The maximum atomic E-state index is 11.9. The summed E-state index contributed by atoms with van der Waals surface area (Å²) in [5.74, 6) is 0.290. The number of piperidine rings is 1. The minimum absolute atomic E-state index is 0.0811. The number of carbonyl (C=O) groups is 2. The molecular formula is C11H19N3O2. The molecule has 0 spiro atoms. The van der Waals surface area contributed by atoms with Crippen molar-refractivity contribution in [3.8, 4) is 0 Å². The van der Waals surface area contributed by atoms with Gasteiger partial charge in [0.15, 0.2) is 0 Å². The molecule has 0 aliphatic carbocycles. The Morgan fingerprint density at radius 1 is 1.44 bits per heavy atom. The molecule has 90 valence electrons. The molecule has 2 aliphatic rings. The maximum Gasteiger partial charge on any atom is 0.224 e. The molecule has 5 heteroatoms. The summed E-state index contributed by atoms with van der Waals surface area (Å²) in [6.07, 6.45) is 2.18. The second-order valence-corrected chi connectivity index (χ2v) is 4.69. The third-order valence-corrected chi connectivity index (χ3v) is 3.47. The monoisotopic (exact) mass is 225 g/mol. The summed E-state index contributed by atoms with van der Waals surface area (Å²) >= 11 is 0. The van der Waals surface area contributed by atoms with E-state index in [9.17, 15) is 9.59 Å². The maximum absolute atomic E-state index is 11.9. The molecule has 0 aromatic rings. The van der Waals surface area contributed by atoms with Crippen molar-refractivity contribution >= 4 is 11.8 Å². The number of rotatable bonds is 2. The molecule has 5 nitrogen and oxygen atoms in total. The molecule has 2 aliphatic heterocycles. The van der Waals surface area contributed by atoms with E-state index in [-0.39, 0.29) is 29.8 Å². The van der Waals surface area contributed by atoms with E-state index in [1.54, 1.807) is 0 Å². The second-order valence-electron chi connectivity index (χ2n) is 4.69. The summed E-state index contributed by atoms with van der Waals surface area (Å²) in [6, 6.07) is 0.371. The van der Waals surface area contributed by atoms with E-state index < -0.39 is 0 Å². The van der Waals surface area contributed by atoms with Crippen LogP contribution >= 0.6 is 0 Å². The van der Waals surface area contributed by atoms with Crippen molar-refractivity contribution in [2.45, 2.75) is 38.3 Å². The number of carbonyl (C=O) groups excluding carboxylic acids is 2. The molecule has 2 amide bonds. The van der Waals surface area contributed by atoms with Gasteiger partial charge in [0.1, 0.15) is 0 Å². The van der Waals surface area contributed by atoms with E-state index >= 15 is 0 Å². The molecule has 2 rings (SSSR count). The van der Waals surface area contributed by atoms with Crippen molar-refractivity contribution in [3.05, 3.63) is 0 Å². The predicted octanol–water partition coefficient (Wildman–Crippen LogP) is -0.621. The largest absolute Gasteiger partial charge is 0.354 e. The van der Waals surface area contributed by atoms with Crippen molar-refractivity contribution in [1.29, 1.82) is 0 Å². The average molecular weight is 225 g/mol. The van der Waals surface area contributed by atoms with Crippen LogP contribution in [0.5, 0.6) is 0 Å². The quantitative estimate of drug-likeness (QED) is 0.586. The van der Waals surface area contributed by atoms with Crippen LogP contribution in [-0.4, -0.2) is 37.0 Å². The second kappa shape index (κ2) is 4.82. The Labute approximate surface area is 95.3 Å². The van der Waals surface area contributed by atoms with E-state index in [0.717, 1.165) is 19.4 Å². The zero-order valence-electron chi connectivity index (χ0n) is 9.58. The number of hydrogen-bond donors (Lipinski definition) is 3. The lowest BCUT2D eigenvalue weighted by Crippen LogP contribution is -2.50. The first-order valence-corrected chi connectivity index (χ1v) is 5.97. The van der Waals surface area contributed by atoms with E-state index in [1.165, 1.54) is 0 Å². The molecule has 0 aromatic heterocycles. The van der Waals surface area contributed by atoms with E-state index in [4.69, 9.17) is 0 Å². The summed E-state index contributed by atoms with van der Waals surface area (Å²) in [4.78, 5) is 22.9. The molecule has 0 aromatic carbocycles. The summed E-state index contributed by atoms with van der Waals surface area (Å²) in [5.41, 5.74) is 0. The normalized spacial score (nSPS) is 34.6.